The number of nitriles is 2. The molecule has 8 nitrogen and oxygen atoms in total. The Morgan fingerprint density at radius 1 is 0.311 bits per heavy atom. The summed E-state index contributed by atoms with van der Waals surface area (Å²) in [6, 6.07) is 89.8. The molecule has 8 heteroatoms. The van der Waals surface area contributed by atoms with Crippen molar-refractivity contribution in [2.24, 2.45) is 0 Å². The molecule has 0 aliphatic heterocycles. The SMILES string of the molecule is CC(C)c1ccc(N(c2ccc3cc4c(cc3c2)oc2c(C#N)c3oc5cc6cc(N(c7ccc(C(C)C)cc7)c7cccc8c7oc7c(-c9ccccc9)cccc78)ccc6cc5c3c(C#N)c24)c2cccc3c2oc2c(-c4ccccc4)cccc23)cc1. The highest BCUT2D eigenvalue weighted by atomic mass is 16.3. The molecule has 17 aromatic rings. The molecular weight excluding hydrogens is 1100 g/mol. The monoisotopic (exact) mass is 1160 g/mol. The van der Waals surface area contributed by atoms with Crippen molar-refractivity contribution in [3.63, 3.8) is 0 Å². The van der Waals surface area contributed by atoms with Crippen molar-refractivity contribution < 1.29 is 17.7 Å². The zero-order valence-electron chi connectivity index (χ0n) is 49.7. The molecular formula is C82H54N4O4. The molecule has 0 N–H and O–H groups in total. The predicted molar refractivity (Wildman–Crippen MR) is 368 cm³/mol. The van der Waals surface area contributed by atoms with Crippen molar-refractivity contribution >= 4 is 143 Å². The van der Waals surface area contributed by atoms with Gasteiger partial charge in [-0.3, -0.25) is 0 Å². The van der Waals surface area contributed by atoms with Crippen molar-refractivity contribution in [3.8, 4) is 34.4 Å². The van der Waals surface area contributed by atoms with Crippen molar-refractivity contribution in [2.45, 2.75) is 39.5 Å². The molecule has 4 heterocycles. The summed E-state index contributed by atoms with van der Waals surface area (Å²) < 4.78 is 27.6. The van der Waals surface area contributed by atoms with Crippen LogP contribution in [-0.4, -0.2) is 0 Å². The average molecular weight is 1160 g/mol. The molecule has 0 amide bonds. The minimum atomic E-state index is 0.233. The molecule has 0 atom stereocenters. The van der Waals surface area contributed by atoms with Gasteiger partial charge in [-0.05, 0) is 141 Å². The van der Waals surface area contributed by atoms with E-state index in [0.29, 0.717) is 50.5 Å². The minimum absolute atomic E-state index is 0.233. The van der Waals surface area contributed by atoms with Gasteiger partial charge in [-0.25, -0.2) is 0 Å². The van der Waals surface area contributed by atoms with E-state index in [9.17, 15) is 10.5 Å². The van der Waals surface area contributed by atoms with Crippen molar-refractivity contribution in [1.82, 2.24) is 0 Å². The fraction of sp³-hybridized carbons (Fsp3) is 0.0732. The van der Waals surface area contributed by atoms with Gasteiger partial charge in [0.1, 0.15) is 40.0 Å². The Balaban J connectivity index is 0.800. The van der Waals surface area contributed by atoms with Crippen LogP contribution < -0.4 is 9.80 Å². The van der Waals surface area contributed by atoms with Gasteiger partial charge < -0.3 is 27.5 Å². The Morgan fingerprint density at radius 3 is 1.10 bits per heavy atom. The van der Waals surface area contributed by atoms with Gasteiger partial charge >= 0.3 is 0 Å². The van der Waals surface area contributed by atoms with Gasteiger partial charge in [-0.1, -0.05) is 185 Å². The third kappa shape index (κ3) is 8.12. The molecule has 0 spiro atoms. The lowest BCUT2D eigenvalue weighted by Gasteiger charge is -2.26. The van der Waals surface area contributed by atoms with Gasteiger partial charge in [0.15, 0.2) is 22.3 Å². The molecule has 0 saturated carbocycles. The Hall–Kier alpha value is -11.8. The van der Waals surface area contributed by atoms with Gasteiger partial charge in [0.25, 0.3) is 0 Å². The summed E-state index contributed by atoms with van der Waals surface area (Å²) >= 11 is 0. The quantitative estimate of drug-likeness (QED) is 0.133. The molecule has 0 fully saturated rings. The maximum Gasteiger partial charge on any atom is 0.159 e. The van der Waals surface area contributed by atoms with Crippen LogP contribution in [0.25, 0.3) is 132 Å². The molecule has 0 bridgehead atoms. The van der Waals surface area contributed by atoms with Crippen LogP contribution in [0.15, 0.2) is 260 Å². The largest absolute Gasteiger partial charge is 0.454 e. The lowest BCUT2D eigenvalue weighted by molar-refractivity contribution is 0.654. The van der Waals surface area contributed by atoms with E-state index in [1.54, 1.807) is 0 Å². The molecule has 0 saturated heterocycles. The molecule has 0 unspecified atom stereocenters. The van der Waals surface area contributed by atoms with Crippen molar-refractivity contribution in [3.05, 3.63) is 265 Å². The van der Waals surface area contributed by atoms with E-state index in [1.165, 1.54) is 11.1 Å². The summed E-state index contributed by atoms with van der Waals surface area (Å²) in [5.74, 6) is 0.720. The molecule has 90 heavy (non-hydrogen) atoms. The first-order valence-corrected chi connectivity index (χ1v) is 30.5. The number of furan rings is 4. The van der Waals surface area contributed by atoms with Crippen LogP contribution in [0.5, 0.6) is 0 Å². The minimum Gasteiger partial charge on any atom is -0.454 e. The first kappa shape index (κ1) is 52.5. The summed E-state index contributed by atoms with van der Waals surface area (Å²) in [4.78, 5) is 4.52. The van der Waals surface area contributed by atoms with E-state index in [2.05, 4.69) is 268 Å². The topological polar surface area (TPSA) is 107 Å². The number of fused-ring (bicyclic) bond motifs is 14. The normalized spacial score (nSPS) is 12.0. The van der Waals surface area contributed by atoms with Crippen LogP contribution in [0, 0.1) is 22.7 Å². The first-order chi connectivity index (χ1) is 44.2. The third-order valence-electron chi connectivity index (χ3n) is 18.2. The second kappa shape index (κ2) is 20.4. The van der Waals surface area contributed by atoms with Crippen LogP contribution in [0.1, 0.15) is 61.8 Å². The van der Waals surface area contributed by atoms with Crippen LogP contribution >= 0.6 is 0 Å². The van der Waals surface area contributed by atoms with E-state index in [4.69, 9.17) is 17.7 Å². The number of para-hydroxylation sites is 4. The molecule has 0 aliphatic rings. The summed E-state index contributed by atoms with van der Waals surface area (Å²) in [6.07, 6.45) is 0. The summed E-state index contributed by atoms with van der Waals surface area (Å²) in [7, 11) is 0. The van der Waals surface area contributed by atoms with Gasteiger partial charge in [-0.2, -0.15) is 10.5 Å². The van der Waals surface area contributed by atoms with Crippen LogP contribution in [0.3, 0.4) is 0 Å². The van der Waals surface area contributed by atoms with Gasteiger partial charge in [-0.15, -0.1) is 0 Å². The molecule has 0 radical (unpaired) electrons. The Labute approximate surface area is 517 Å². The highest BCUT2D eigenvalue weighted by molar-refractivity contribution is 6.25. The fourth-order valence-corrected chi connectivity index (χ4v) is 13.7. The van der Waals surface area contributed by atoms with Crippen molar-refractivity contribution in [2.75, 3.05) is 9.80 Å². The molecule has 17 rings (SSSR count). The molecule has 13 aromatic carbocycles. The highest BCUT2D eigenvalue weighted by Crippen LogP contribution is 2.50. The summed E-state index contributed by atoms with van der Waals surface area (Å²) in [5, 5.41) is 33.0. The number of benzene rings is 13. The van der Waals surface area contributed by atoms with E-state index >= 15 is 0 Å². The lowest BCUT2D eigenvalue weighted by atomic mass is 9.96. The van der Waals surface area contributed by atoms with E-state index in [1.807, 2.05) is 24.3 Å². The number of nitrogens with zero attached hydrogens (tertiary/aromatic N) is 4. The Kier molecular flexibility index (Phi) is 11.9. The number of hydrogen-bond donors (Lipinski definition) is 0. The highest BCUT2D eigenvalue weighted by Gasteiger charge is 2.28. The average Bonchev–Trinajstić information content (AvgIpc) is 1.61. The van der Waals surface area contributed by atoms with Crippen LogP contribution in [-0.2, 0) is 0 Å². The van der Waals surface area contributed by atoms with Crippen LogP contribution in [0.4, 0.5) is 34.1 Å². The Bertz CT molecular complexity index is 5530. The second-order valence-corrected chi connectivity index (χ2v) is 24.1. The lowest BCUT2D eigenvalue weighted by Crippen LogP contribution is -2.10. The number of hydrogen-bond acceptors (Lipinski definition) is 8. The fourth-order valence-electron chi connectivity index (χ4n) is 13.7. The zero-order chi connectivity index (χ0) is 60.5. The standard InChI is InChI=1S/C82H54N4O4/c1-47(2)49-27-33-57(34-28-49)85(71-25-13-23-65-63-21-11-19-61(77(63)89-79(65)71)51-15-7-5-8-16-51)59-37-31-53-41-67-73(43-55(53)39-59)87-81-70(46-84)82-76(69(45-83)75(67)81)68-42-54-32-38-60(40-56(54)44-74(68)88-82)86(58-35-29-50(30-36-58)48(3)4)72-26-14-24-66-64-22-12-20-62(78(64)90-80(66)72)52-17-9-6-10-18-52/h5-44,47-48H,1-4H3. The van der Waals surface area contributed by atoms with E-state index in [-0.39, 0.29) is 5.56 Å². The number of anilines is 6. The molecule has 4 aromatic heterocycles. The smallest absolute Gasteiger partial charge is 0.159 e. The van der Waals surface area contributed by atoms with Gasteiger partial charge in [0.2, 0.25) is 0 Å². The predicted octanol–water partition coefficient (Wildman–Crippen LogP) is 23.9. The maximum atomic E-state index is 11.3. The summed E-state index contributed by atoms with van der Waals surface area (Å²) in [6.45, 7) is 8.83. The van der Waals surface area contributed by atoms with Crippen molar-refractivity contribution in [1.29, 1.82) is 10.5 Å². The molecule has 426 valence electrons. The van der Waals surface area contributed by atoms with E-state index in [0.717, 1.165) is 133 Å². The van der Waals surface area contributed by atoms with Gasteiger partial charge in [0, 0.05) is 77.0 Å². The summed E-state index contributed by atoms with van der Waals surface area (Å²) in [5.41, 5.74) is 17.9. The third-order valence-corrected chi connectivity index (χ3v) is 18.2. The van der Waals surface area contributed by atoms with E-state index < -0.39 is 0 Å². The Morgan fingerprint density at radius 2 is 0.700 bits per heavy atom. The number of rotatable bonds is 10. The zero-order valence-corrected chi connectivity index (χ0v) is 49.7. The second-order valence-electron chi connectivity index (χ2n) is 24.1. The maximum absolute atomic E-state index is 11.3. The van der Waals surface area contributed by atoms with Crippen LogP contribution in [0.2, 0.25) is 0 Å². The van der Waals surface area contributed by atoms with Gasteiger partial charge in [0.05, 0.1) is 16.9 Å². The molecule has 0 aliphatic carbocycles. The first-order valence-electron chi connectivity index (χ1n) is 30.5.